The minimum atomic E-state index is 0.699. The average molecular weight is 229 g/mol. The summed E-state index contributed by atoms with van der Waals surface area (Å²) in [5, 5.41) is 7.95. The standard InChI is InChI=1S/C12H15N5/c1-17-8-9(6-15-10-2-3-10)12(16-17)11-7-13-4-5-14-11/h4-5,7-8,10,15H,2-3,6H2,1H3. The molecule has 0 atom stereocenters. The number of hydrogen-bond acceptors (Lipinski definition) is 4. The maximum absolute atomic E-state index is 4.45. The first kappa shape index (κ1) is 10.4. The van der Waals surface area contributed by atoms with E-state index in [2.05, 4.69) is 20.4 Å². The van der Waals surface area contributed by atoms with Gasteiger partial charge < -0.3 is 5.32 Å². The van der Waals surface area contributed by atoms with Gasteiger partial charge in [0.05, 0.1) is 6.20 Å². The van der Waals surface area contributed by atoms with E-state index >= 15 is 0 Å². The van der Waals surface area contributed by atoms with Crippen molar-refractivity contribution in [3.63, 3.8) is 0 Å². The Bertz CT molecular complexity index is 501. The van der Waals surface area contributed by atoms with Crippen molar-refractivity contribution < 1.29 is 0 Å². The lowest BCUT2D eigenvalue weighted by Crippen LogP contribution is -2.15. The molecular formula is C12H15N5. The molecule has 0 aromatic carbocycles. The third-order valence-electron chi connectivity index (χ3n) is 2.87. The summed E-state index contributed by atoms with van der Waals surface area (Å²) in [6, 6.07) is 0.699. The van der Waals surface area contributed by atoms with Gasteiger partial charge in [-0.2, -0.15) is 5.10 Å². The van der Waals surface area contributed by atoms with Crippen LogP contribution < -0.4 is 5.32 Å². The summed E-state index contributed by atoms with van der Waals surface area (Å²) in [5.74, 6) is 0. The molecule has 1 saturated carbocycles. The highest BCUT2D eigenvalue weighted by Gasteiger charge is 2.21. The Morgan fingerprint density at radius 3 is 3.00 bits per heavy atom. The summed E-state index contributed by atoms with van der Waals surface area (Å²) in [5.41, 5.74) is 2.94. The molecule has 5 nitrogen and oxygen atoms in total. The van der Waals surface area contributed by atoms with Crippen molar-refractivity contribution in [3.8, 4) is 11.4 Å². The molecule has 17 heavy (non-hydrogen) atoms. The Labute approximate surface area is 99.9 Å². The molecule has 2 aromatic heterocycles. The predicted octanol–water partition coefficient (Wildman–Crippen LogP) is 1.13. The summed E-state index contributed by atoms with van der Waals surface area (Å²) in [6.07, 6.45) is 9.75. The van der Waals surface area contributed by atoms with Crippen LogP contribution in [0.1, 0.15) is 18.4 Å². The highest BCUT2D eigenvalue weighted by Crippen LogP contribution is 2.22. The summed E-state index contributed by atoms with van der Waals surface area (Å²) in [4.78, 5) is 8.39. The Balaban J connectivity index is 1.86. The van der Waals surface area contributed by atoms with Crippen molar-refractivity contribution in [1.29, 1.82) is 0 Å². The van der Waals surface area contributed by atoms with Crippen molar-refractivity contribution in [3.05, 3.63) is 30.4 Å². The van der Waals surface area contributed by atoms with Crippen molar-refractivity contribution >= 4 is 0 Å². The molecule has 0 aliphatic heterocycles. The Hall–Kier alpha value is -1.75. The number of aromatic nitrogens is 4. The largest absolute Gasteiger partial charge is 0.310 e. The van der Waals surface area contributed by atoms with Gasteiger partial charge in [-0.05, 0) is 12.8 Å². The van der Waals surface area contributed by atoms with Crippen LogP contribution in [0.4, 0.5) is 0 Å². The number of aryl methyl sites for hydroxylation is 1. The molecule has 1 fully saturated rings. The Morgan fingerprint density at radius 2 is 2.29 bits per heavy atom. The van der Waals surface area contributed by atoms with Crippen LogP contribution >= 0.6 is 0 Å². The fraction of sp³-hybridized carbons (Fsp3) is 0.417. The van der Waals surface area contributed by atoms with Gasteiger partial charge in [-0.1, -0.05) is 0 Å². The zero-order valence-corrected chi connectivity index (χ0v) is 9.80. The van der Waals surface area contributed by atoms with Crippen LogP contribution in [0.2, 0.25) is 0 Å². The highest BCUT2D eigenvalue weighted by atomic mass is 15.3. The van der Waals surface area contributed by atoms with Gasteiger partial charge in [0.15, 0.2) is 0 Å². The summed E-state index contributed by atoms with van der Waals surface area (Å²) < 4.78 is 1.83. The summed E-state index contributed by atoms with van der Waals surface area (Å²) >= 11 is 0. The fourth-order valence-corrected chi connectivity index (χ4v) is 1.85. The first-order chi connectivity index (χ1) is 8.33. The van der Waals surface area contributed by atoms with Crippen molar-refractivity contribution in [2.24, 2.45) is 7.05 Å². The lowest BCUT2D eigenvalue weighted by molar-refractivity contribution is 0.687. The van der Waals surface area contributed by atoms with Crippen molar-refractivity contribution in [2.45, 2.75) is 25.4 Å². The molecule has 1 N–H and O–H groups in total. The first-order valence-corrected chi connectivity index (χ1v) is 5.85. The highest BCUT2D eigenvalue weighted by molar-refractivity contribution is 5.56. The third-order valence-corrected chi connectivity index (χ3v) is 2.87. The van der Waals surface area contributed by atoms with E-state index in [0.29, 0.717) is 6.04 Å². The van der Waals surface area contributed by atoms with Gasteiger partial charge >= 0.3 is 0 Å². The van der Waals surface area contributed by atoms with Crippen LogP contribution in [0, 0.1) is 0 Å². The second kappa shape index (κ2) is 4.25. The van der Waals surface area contributed by atoms with Gasteiger partial charge in [-0.25, -0.2) is 0 Å². The van der Waals surface area contributed by atoms with E-state index in [-0.39, 0.29) is 0 Å². The van der Waals surface area contributed by atoms with Gasteiger partial charge in [0.2, 0.25) is 0 Å². The zero-order valence-electron chi connectivity index (χ0n) is 9.80. The Kier molecular flexibility index (Phi) is 2.60. The van der Waals surface area contributed by atoms with Crippen LogP contribution in [-0.4, -0.2) is 25.8 Å². The van der Waals surface area contributed by atoms with Crippen LogP contribution in [0.15, 0.2) is 24.8 Å². The van der Waals surface area contributed by atoms with Gasteiger partial charge in [-0.3, -0.25) is 14.6 Å². The topological polar surface area (TPSA) is 55.6 Å². The van der Waals surface area contributed by atoms with E-state index in [1.54, 1.807) is 18.6 Å². The molecule has 88 valence electrons. The average Bonchev–Trinajstić information content (AvgIpc) is 3.11. The monoisotopic (exact) mass is 229 g/mol. The second-order valence-electron chi connectivity index (χ2n) is 4.42. The number of nitrogens with zero attached hydrogens (tertiary/aromatic N) is 4. The minimum absolute atomic E-state index is 0.699. The molecule has 0 unspecified atom stereocenters. The van der Waals surface area contributed by atoms with E-state index in [1.165, 1.54) is 18.4 Å². The fourth-order valence-electron chi connectivity index (χ4n) is 1.85. The summed E-state index contributed by atoms with van der Waals surface area (Å²) in [6.45, 7) is 0.852. The van der Waals surface area contributed by atoms with Gasteiger partial charge in [-0.15, -0.1) is 0 Å². The zero-order chi connectivity index (χ0) is 11.7. The number of nitrogens with one attached hydrogen (secondary N) is 1. The smallest absolute Gasteiger partial charge is 0.117 e. The minimum Gasteiger partial charge on any atom is -0.310 e. The normalized spacial score (nSPS) is 15.1. The molecular weight excluding hydrogens is 214 g/mol. The molecule has 3 rings (SSSR count). The summed E-state index contributed by atoms with van der Waals surface area (Å²) in [7, 11) is 1.93. The van der Waals surface area contributed by atoms with Crippen molar-refractivity contribution in [1.82, 2.24) is 25.1 Å². The SMILES string of the molecule is Cn1cc(CNC2CC2)c(-c2cnccn2)n1. The Morgan fingerprint density at radius 1 is 1.41 bits per heavy atom. The van der Waals surface area contributed by atoms with Crippen LogP contribution in [0.3, 0.4) is 0 Å². The lowest BCUT2D eigenvalue weighted by Gasteiger charge is -2.02. The molecule has 0 amide bonds. The first-order valence-electron chi connectivity index (χ1n) is 5.85. The van der Waals surface area contributed by atoms with E-state index in [4.69, 9.17) is 0 Å². The number of hydrogen-bond donors (Lipinski definition) is 1. The van der Waals surface area contributed by atoms with Crippen LogP contribution in [0.25, 0.3) is 11.4 Å². The molecule has 0 radical (unpaired) electrons. The van der Waals surface area contributed by atoms with E-state index < -0.39 is 0 Å². The van der Waals surface area contributed by atoms with Gasteiger partial charge in [0, 0.05) is 43.8 Å². The maximum Gasteiger partial charge on any atom is 0.117 e. The third kappa shape index (κ3) is 2.34. The molecule has 0 bridgehead atoms. The second-order valence-corrected chi connectivity index (χ2v) is 4.42. The number of rotatable bonds is 4. The molecule has 1 aliphatic rings. The molecule has 0 spiro atoms. The molecule has 2 heterocycles. The quantitative estimate of drug-likeness (QED) is 0.854. The van der Waals surface area contributed by atoms with E-state index in [0.717, 1.165) is 17.9 Å². The van der Waals surface area contributed by atoms with Gasteiger partial charge in [0.1, 0.15) is 11.4 Å². The van der Waals surface area contributed by atoms with Crippen LogP contribution in [0.5, 0.6) is 0 Å². The van der Waals surface area contributed by atoms with E-state index in [1.807, 2.05) is 17.9 Å². The van der Waals surface area contributed by atoms with E-state index in [9.17, 15) is 0 Å². The predicted molar refractivity (Wildman–Crippen MR) is 64.1 cm³/mol. The molecule has 0 saturated heterocycles. The lowest BCUT2D eigenvalue weighted by atomic mass is 10.2. The van der Waals surface area contributed by atoms with Crippen molar-refractivity contribution in [2.75, 3.05) is 0 Å². The van der Waals surface area contributed by atoms with Crippen LogP contribution in [-0.2, 0) is 13.6 Å². The molecule has 1 aliphatic carbocycles. The molecule has 2 aromatic rings. The molecule has 5 heteroatoms. The van der Waals surface area contributed by atoms with Gasteiger partial charge in [0.25, 0.3) is 0 Å². The maximum atomic E-state index is 4.45.